The van der Waals surface area contributed by atoms with Gasteiger partial charge in [-0.25, -0.2) is 0 Å². The number of benzene rings is 1. The SMILES string of the molecule is CCC(CN)CC(=O)N1CC(C(=O)O)c2ccccc21. The first-order chi connectivity index (χ1) is 9.58. The van der Waals surface area contributed by atoms with Crippen LogP contribution in [-0.4, -0.2) is 30.1 Å². The number of hydrogen-bond acceptors (Lipinski definition) is 3. The molecule has 0 aromatic heterocycles. The highest BCUT2D eigenvalue weighted by Crippen LogP contribution is 2.36. The fourth-order valence-electron chi connectivity index (χ4n) is 2.61. The Kier molecular flexibility index (Phi) is 4.39. The normalized spacial score (nSPS) is 18.7. The Hall–Kier alpha value is -1.88. The second kappa shape index (κ2) is 6.05. The number of fused-ring (bicyclic) bond motifs is 1. The number of aliphatic carboxylic acids is 1. The molecule has 0 aliphatic carbocycles. The summed E-state index contributed by atoms with van der Waals surface area (Å²) < 4.78 is 0. The lowest BCUT2D eigenvalue weighted by atomic mass is 10.0. The summed E-state index contributed by atoms with van der Waals surface area (Å²) in [6.07, 6.45) is 1.22. The number of rotatable bonds is 5. The maximum atomic E-state index is 12.4. The van der Waals surface area contributed by atoms with E-state index in [1.807, 2.05) is 13.0 Å². The van der Waals surface area contributed by atoms with Gasteiger partial charge in [0.25, 0.3) is 0 Å². The van der Waals surface area contributed by atoms with Crippen molar-refractivity contribution in [1.29, 1.82) is 0 Å². The van der Waals surface area contributed by atoms with Crippen molar-refractivity contribution in [2.24, 2.45) is 11.7 Å². The van der Waals surface area contributed by atoms with Crippen LogP contribution in [0, 0.1) is 5.92 Å². The summed E-state index contributed by atoms with van der Waals surface area (Å²) in [6.45, 7) is 2.69. The zero-order chi connectivity index (χ0) is 14.7. The van der Waals surface area contributed by atoms with Gasteiger partial charge in [-0.05, 0) is 24.1 Å². The van der Waals surface area contributed by atoms with Crippen molar-refractivity contribution in [1.82, 2.24) is 0 Å². The van der Waals surface area contributed by atoms with E-state index in [4.69, 9.17) is 5.73 Å². The van der Waals surface area contributed by atoms with Crippen LogP contribution in [0.5, 0.6) is 0 Å². The van der Waals surface area contributed by atoms with Gasteiger partial charge in [0.15, 0.2) is 0 Å². The number of nitrogens with zero attached hydrogens (tertiary/aromatic N) is 1. The maximum absolute atomic E-state index is 12.4. The molecule has 0 spiro atoms. The molecule has 1 aromatic carbocycles. The van der Waals surface area contributed by atoms with Gasteiger partial charge >= 0.3 is 5.97 Å². The number of para-hydroxylation sites is 1. The first-order valence-corrected chi connectivity index (χ1v) is 6.90. The molecule has 0 bridgehead atoms. The van der Waals surface area contributed by atoms with E-state index < -0.39 is 11.9 Å². The number of anilines is 1. The number of hydrogen-bond donors (Lipinski definition) is 2. The van der Waals surface area contributed by atoms with Crippen LogP contribution >= 0.6 is 0 Å². The summed E-state index contributed by atoms with van der Waals surface area (Å²) in [5.74, 6) is -1.41. The van der Waals surface area contributed by atoms with Crippen LogP contribution in [0.4, 0.5) is 5.69 Å². The molecule has 1 aromatic rings. The van der Waals surface area contributed by atoms with Crippen LogP contribution in [0.1, 0.15) is 31.2 Å². The van der Waals surface area contributed by atoms with E-state index in [-0.39, 0.29) is 18.4 Å². The molecule has 0 saturated carbocycles. The summed E-state index contributed by atoms with van der Waals surface area (Å²) in [7, 11) is 0. The monoisotopic (exact) mass is 276 g/mol. The Labute approximate surface area is 118 Å². The molecule has 2 unspecified atom stereocenters. The highest BCUT2D eigenvalue weighted by Gasteiger charge is 2.36. The van der Waals surface area contributed by atoms with E-state index >= 15 is 0 Å². The Bertz CT molecular complexity index is 512. The molecular weight excluding hydrogens is 256 g/mol. The molecule has 3 N–H and O–H groups in total. The lowest BCUT2D eigenvalue weighted by Crippen LogP contribution is -2.33. The minimum absolute atomic E-state index is 0.0431. The zero-order valence-electron chi connectivity index (χ0n) is 11.6. The molecule has 0 radical (unpaired) electrons. The molecule has 2 rings (SSSR count). The van der Waals surface area contributed by atoms with E-state index in [0.29, 0.717) is 18.5 Å². The Morgan fingerprint density at radius 3 is 2.75 bits per heavy atom. The van der Waals surface area contributed by atoms with Crippen molar-refractivity contribution in [3.05, 3.63) is 29.8 Å². The van der Waals surface area contributed by atoms with E-state index in [1.54, 1.807) is 23.1 Å². The summed E-state index contributed by atoms with van der Waals surface area (Å²) in [6, 6.07) is 7.21. The molecule has 1 amide bonds. The van der Waals surface area contributed by atoms with Gasteiger partial charge < -0.3 is 15.7 Å². The molecule has 5 nitrogen and oxygen atoms in total. The molecule has 20 heavy (non-hydrogen) atoms. The number of amides is 1. The maximum Gasteiger partial charge on any atom is 0.312 e. The highest BCUT2D eigenvalue weighted by atomic mass is 16.4. The molecule has 1 aliphatic heterocycles. The summed E-state index contributed by atoms with van der Waals surface area (Å²) >= 11 is 0. The van der Waals surface area contributed by atoms with Crippen molar-refractivity contribution in [2.45, 2.75) is 25.7 Å². The predicted octanol–water partition coefficient (Wildman–Crippen LogP) is 1.58. The number of carboxylic acids is 1. The molecule has 1 aliphatic rings. The Balaban J connectivity index is 2.22. The molecule has 1 heterocycles. The smallest absolute Gasteiger partial charge is 0.312 e. The number of carbonyl (C=O) groups excluding carboxylic acids is 1. The zero-order valence-corrected chi connectivity index (χ0v) is 11.6. The molecule has 0 saturated heterocycles. The van der Waals surface area contributed by atoms with Crippen LogP contribution in [-0.2, 0) is 9.59 Å². The summed E-state index contributed by atoms with van der Waals surface area (Å²) in [5.41, 5.74) is 7.07. The minimum Gasteiger partial charge on any atom is -0.481 e. The highest BCUT2D eigenvalue weighted by molar-refractivity contribution is 5.99. The fraction of sp³-hybridized carbons (Fsp3) is 0.467. The van der Waals surface area contributed by atoms with Crippen LogP contribution in [0.2, 0.25) is 0 Å². The third-order valence-corrected chi connectivity index (χ3v) is 3.94. The average molecular weight is 276 g/mol. The van der Waals surface area contributed by atoms with Gasteiger partial charge in [0.1, 0.15) is 5.92 Å². The lowest BCUT2D eigenvalue weighted by molar-refractivity contribution is -0.138. The van der Waals surface area contributed by atoms with Crippen molar-refractivity contribution in [3.63, 3.8) is 0 Å². The van der Waals surface area contributed by atoms with Gasteiger partial charge in [-0.1, -0.05) is 31.5 Å². The Morgan fingerprint density at radius 1 is 1.45 bits per heavy atom. The van der Waals surface area contributed by atoms with Crippen molar-refractivity contribution in [2.75, 3.05) is 18.0 Å². The van der Waals surface area contributed by atoms with Gasteiger partial charge in [-0.2, -0.15) is 0 Å². The Morgan fingerprint density at radius 2 is 2.15 bits per heavy atom. The van der Waals surface area contributed by atoms with Gasteiger partial charge in [0, 0.05) is 18.7 Å². The second-order valence-electron chi connectivity index (χ2n) is 5.17. The van der Waals surface area contributed by atoms with Gasteiger partial charge in [-0.3, -0.25) is 9.59 Å². The molecule has 0 fully saturated rings. The van der Waals surface area contributed by atoms with E-state index in [1.165, 1.54) is 0 Å². The van der Waals surface area contributed by atoms with Crippen molar-refractivity contribution < 1.29 is 14.7 Å². The van der Waals surface area contributed by atoms with Gasteiger partial charge in [-0.15, -0.1) is 0 Å². The van der Waals surface area contributed by atoms with E-state index in [9.17, 15) is 14.7 Å². The fourth-order valence-corrected chi connectivity index (χ4v) is 2.61. The quantitative estimate of drug-likeness (QED) is 0.855. The minimum atomic E-state index is -0.890. The third-order valence-electron chi connectivity index (χ3n) is 3.94. The lowest BCUT2D eigenvalue weighted by Gasteiger charge is -2.20. The number of carboxylic acid groups (broad SMARTS) is 1. The van der Waals surface area contributed by atoms with Crippen molar-refractivity contribution >= 4 is 17.6 Å². The summed E-state index contributed by atoms with van der Waals surface area (Å²) in [4.78, 5) is 25.3. The first kappa shape index (κ1) is 14.5. The third kappa shape index (κ3) is 2.67. The van der Waals surface area contributed by atoms with Gasteiger partial charge in [0.05, 0.1) is 0 Å². The van der Waals surface area contributed by atoms with E-state index in [2.05, 4.69) is 0 Å². The molecule has 5 heteroatoms. The van der Waals surface area contributed by atoms with Crippen molar-refractivity contribution in [3.8, 4) is 0 Å². The molecule has 2 atom stereocenters. The molecule has 108 valence electrons. The largest absolute Gasteiger partial charge is 0.481 e. The standard InChI is InChI=1S/C15H20N2O3/c1-2-10(8-16)7-14(18)17-9-12(15(19)20)11-5-3-4-6-13(11)17/h3-6,10,12H,2,7-9,16H2,1H3,(H,19,20). The van der Waals surface area contributed by atoms with Crippen LogP contribution < -0.4 is 10.6 Å². The summed E-state index contributed by atoms with van der Waals surface area (Å²) in [5, 5.41) is 9.28. The van der Waals surface area contributed by atoms with E-state index in [0.717, 1.165) is 12.1 Å². The second-order valence-corrected chi connectivity index (χ2v) is 5.17. The predicted molar refractivity (Wildman–Crippen MR) is 76.6 cm³/mol. The number of carbonyl (C=O) groups is 2. The van der Waals surface area contributed by atoms with Crippen LogP contribution in [0.3, 0.4) is 0 Å². The topological polar surface area (TPSA) is 83.6 Å². The molecular formula is C15H20N2O3. The first-order valence-electron chi connectivity index (χ1n) is 6.90. The van der Waals surface area contributed by atoms with Crippen LogP contribution in [0.25, 0.3) is 0 Å². The average Bonchev–Trinajstić information content (AvgIpc) is 2.84. The van der Waals surface area contributed by atoms with Gasteiger partial charge in [0.2, 0.25) is 5.91 Å². The number of nitrogens with two attached hydrogens (primary N) is 1. The van der Waals surface area contributed by atoms with Crippen LogP contribution in [0.15, 0.2) is 24.3 Å².